The molecular weight excluding hydrogens is 285 g/mol. The number of hydrogen-bond acceptors (Lipinski definition) is 3. The molecule has 0 bridgehead atoms. The lowest BCUT2D eigenvalue weighted by molar-refractivity contribution is 0.0939. The summed E-state index contributed by atoms with van der Waals surface area (Å²) in [7, 11) is 2.97. The largest absolute Gasteiger partial charge is 0.497 e. The van der Waals surface area contributed by atoms with Crippen LogP contribution in [0.25, 0.3) is 0 Å². The Hall–Kier alpha value is -2.56. The van der Waals surface area contributed by atoms with Gasteiger partial charge < -0.3 is 14.8 Å². The van der Waals surface area contributed by atoms with Gasteiger partial charge in [-0.1, -0.05) is 12.1 Å². The molecule has 0 aromatic heterocycles. The van der Waals surface area contributed by atoms with Gasteiger partial charge in [-0.05, 0) is 42.8 Å². The Balaban J connectivity index is 2.08. The third-order valence-electron chi connectivity index (χ3n) is 3.38. The zero-order valence-corrected chi connectivity index (χ0v) is 12.7. The van der Waals surface area contributed by atoms with Gasteiger partial charge in [-0.2, -0.15) is 0 Å². The molecule has 0 aliphatic rings. The van der Waals surface area contributed by atoms with E-state index in [0.717, 1.165) is 17.4 Å². The summed E-state index contributed by atoms with van der Waals surface area (Å²) < 4.78 is 23.6. The number of carbonyl (C=O) groups is 1. The van der Waals surface area contributed by atoms with E-state index in [-0.39, 0.29) is 23.3 Å². The number of amides is 1. The third kappa shape index (κ3) is 3.55. The van der Waals surface area contributed by atoms with E-state index in [2.05, 4.69) is 5.32 Å². The van der Waals surface area contributed by atoms with Crippen LogP contribution in [0.3, 0.4) is 0 Å². The maximum atomic E-state index is 13.6. The first kappa shape index (κ1) is 15.8. The van der Waals surface area contributed by atoms with E-state index in [1.165, 1.54) is 19.2 Å². The number of carbonyl (C=O) groups excluding carboxylic acids is 1. The second kappa shape index (κ2) is 6.93. The van der Waals surface area contributed by atoms with Gasteiger partial charge in [0.2, 0.25) is 0 Å². The van der Waals surface area contributed by atoms with Crippen molar-refractivity contribution in [2.75, 3.05) is 14.2 Å². The van der Waals surface area contributed by atoms with Gasteiger partial charge in [-0.25, -0.2) is 4.39 Å². The molecule has 1 atom stereocenters. The van der Waals surface area contributed by atoms with Crippen molar-refractivity contribution in [2.45, 2.75) is 13.0 Å². The van der Waals surface area contributed by atoms with Crippen molar-refractivity contribution >= 4 is 5.91 Å². The number of benzene rings is 2. The van der Waals surface area contributed by atoms with Crippen molar-refractivity contribution in [3.05, 3.63) is 59.4 Å². The highest BCUT2D eigenvalue weighted by Gasteiger charge is 2.13. The molecule has 0 saturated carbocycles. The highest BCUT2D eigenvalue weighted by atomic mass is 19.1. The predicted octanol–water partition coefficient (Wildman–Crippen LogP) is 3.33. The first-order chi connectivity index (χ1) is 10.5. The average molecular weight is 303 g/mol. The fourth-order valence-electron chi connectivity index (χ4n) is 2.06. The molecule has 4 nitrogen and oxygen atoms in total. The molecule has 0 aliphatic carbocycles. The standard InChI is InChI=1S/C17H18FNO3/c1-11(12-4-7-14(21-2)8-5-12)19-17(20)13-6-9-16(22-3)15(18)10-13/h4-11H,1-3H3,(H,19,20)/t11-/m1/s1. The molecule has 1 N–H and O–H groups in total. The van der Waals surface area contributed by atoms with Crippen LogP contribution in [0.5, 0.6) is 11.5 Å². The van der Waals surface area contributed by atoms with Crippen LogP contribution in [-0.4, -0.2) is 20.1 Å². The lowest BCUT2D eigenvalue weighted by Gasteiger charge is -2.15. The molecule has 2 rings (SSSR count). The SMILES string of the molecule is COc1ccc([C@@H](C)NC(=O)c2ccc(OC)c(F)c2)cc1. The molecule has 0 spiro atoms. The van der Waals surface area contributed by atoms with E-state index in [1.54, 1.807) is 7.11 Å². The monoisotopic (exact) mass is 303 g/mol. The van der Waals surface area contributed by atoms with Gasteiger partial charge in [0, 0.05) is 5.56 Å². The summed E-state index contributed by atoms with van der Waals surface area (Å²) in [5.74, 6) is -0.0450. The number of ether oxygens (including phenoxy) is 2. The zero-order chi connectivity index (χ0) is 16.1. The van der Waals surface area contributed by atoms with Crippen molar-refractivity contribution in [1.82, 2.24) is 5.32 Å². The van der Waals surface area contributed by atoms with Crippen LogP contribution in [0.15, 0.2) is 42.5 Å². The Morgan fingerprint density at radius 1 is 1.09 bits per heavy atom. The summed E-state index contributed by atoms with van der Waals surface area (Å²) in [6, 6.07) is 11.3. The van der Waals surface area contributed by atoms with E-state index in [9.17, 15) is 9.18 Å². The van der Waals surface area contributed by atoms with Gasteiger partial charge in [0.05, 0.1) is 20.3 Å². The maximum absolute atomic E-state index is 13.6. The molecule has 22 heavy (non-hydrogen) atoms. The molecule has 0 saturated heterocycles. The Morgan fingerprint density at radius 3 is 2.32 bits per heavy atom. The normalized spacial score (nSPS) is 11.6. The van der Waals surface area contributed by atoms with Crippen LogP contribution < -0.4 is 14.8 Å². The van der Waals surface area contributed by atoms with Gasteiger partial charge >= 0.3 is 0 Å². The quantitative estimate of drug-likeness (QED) is 0.921. The summed E-state index contributed by atoms with van der Waals surface area (Å²) in [4.78, 5) is 12.2. The van der Waals surface area contributed by atoms with Crippen molar-refractivity contribution in [2.24, 2.45) is 0 Å². The smallest absolute Gasteiger partial charge is 0.251 e. The maximum Gasteiger partial charge on any atom is 0.251 e. The number of rotatable bonds is 5. The summed E-state index contributed by atoms with van der Waals surface area (Å²) in [6.45, 7) is 1.86. The summed E-state index contributed by atoms with van der Waals surface area (Å²) >= 11 is 0. The second-order valence-corrected chi connectivity index (χ2v) is 4.82. The summed E-state index contributed by atoms with van der Waals surface area (Å²) in [6.07, 6.45) is 0. The first-order valence-electron chi connectivity index (χ1n) is 6.83. The van der Waals surface area contributed by atoms with E-state index < -0.39 is 5.82 Å². The Morgan fingerprint density at radius 2 is 1.77 bits per heavy atom. The predicted molar refractivity (Wildman–Crippen MR) is 81.8 cm³/mol. The van der Waals surface area contributed by atoms with Crippen LogP contribution in [0.4, 0.5) is 4.39 Å². The zero-order valence-electron chi connectivity index (χ0n) is 12.7. The molecule has 116 valence electrons. The molecule has 1 amide bonds. The van der Waals surface area contributed by atoms with E-state index >= 15 is 0 Å². The van der Waals surface area contributed by atoms with Crippen molar-refractivity contribution < 1.29 is 18.7 Å². The molecule has 2 aromatic rings. The Kier molecular flexibility index (Phi) is 4.99. The summed E-state index contributed by atoms with van der Waals surface area (Å²) in [5.41, 5.74) is 1.18. The van der Waals surface area contributed by atoms with E-state index in [0.29, 0.717) is 0 Å². The van der Waals surface area contributed by atoms with Crippen LogP contribution in [-0.2, 0) is 0 Å². The number of hydrogen-bond donors (Lipinski definition) is 1. The molecule has 0 radical (unpaired) electrons. The first-order valence-corrected chi connectivity index (χ1v) is 6.83. The number of nitrogens with one attached hydrogen (secondary N) is 1. The number of halogens is 1. The van der Waals surface area contributed by atoms with E-state index in [4.69, 9.17) is 9.47 Å². The van der Waals surface area contributed by atoms with Gasteiger partial charge in [0.1, 0.15) is 5.75 Å². The molecule has 0 fully saturated rings. The summed E-state index contributed by atoms with van der Waals surface area (Å²) in [5, 5.41) is 2.83. The second-order valence-electron chi connectivity index (χ2n) is 4.82. The molecule has 2 aromatic carbocycles. The molecule has 0 aliphatic heterocycles. The van der Waals surface area contributed by atoms with Crippen molar-refractivity contribution in [3.63, 3.8) is 0 Å². The van der Waals surface area contributed by atoms with Gasteiger partial charge in [-0.3, -0.25) is 4.79 Å². The lowest BCUT2D eigenvalue weighted by Crippen LogP contribution is -2.26. The molecule has 5 heteroatoms. The minimum Gasteiger partial charge on any atom is -0.497 e. The highest BCUT2D eigenvalue weighted by Crippen LogP contribution is 2.20. The average Bonchev–Trinajstić information content (AvgIpc) is 2.54. The van der Waals surface area contributed by atoms with Crippen LogP contribution in [0, 0.1) is 5.82 Å². The third-order valence-corrected chi connectivity index (χ3v) is 3.38. The van der Waals surface area contributed by atoms with Gasteiger partial charge in [-0.15, -0.1) is 0 Å². The Labute approximate surface area is 128 Å². The van der Waals surface area contributed by atoms with Crippen LogP contribution in [0.1, 0.15) is 28.9 Å². The molecule has 0 heterocycles. The van der Waals surface area contributed by atoms with Crippen LogP contribution >= 0.6 is 0 Å². The topological polar surface area (TPSA) is 47.6 Å². The van der Waals surface area contributed by atoms with Gasteiger partial charge in [0.15, 0.2) is 11.6 Å². The fourth-order valence-corrected chi connectivity index (χ4v) is 2.06. The van der Waals surface area contributed by atoms with Crippen molar-refractivity contribution in [3.8, 4) is 11.5 Å². The Bertz CT molecular complexity index is 655. The minimum atomic E-state index is -0.563. The van der Waals surface area contributed by atoms with Crippen molar-refractivity contribution in [1.29, 1.82) is 0 Å². The lowest BCUT2D eigenvalue weighted by atomic mass is 10.1. The van der Waals surface area contributed by atoms with E-state index in [1.807, 2.05) is 31.2 Å². The highest BCUT2D eigenvalue weighted by molar-refractivity contribution is 5.94. The molecule has 0 unspecified atom stereocenters. The number of methoxy groups -OCH3 is 2. The van der Waals surface area contributed by atoms with Gasteiger partial charge in [0.25, 0.3) is 5.91 Å². The minimum absolute atomic E-state index is 0.111. The fraction of sp³-hybridized carbons (Fsp3) is 0.235. The van der Waals surface area contributed by atoms with Crippen LogP contribution in [0.2, 0.25) is 0 Å². The molecular formula is C17H18FNO3.